The fraction of sp³-hybridized carbons (Fsp3) is 0.357. The van der Waals surface area contributed by atoms with E-state index in [0.29, 0.717) is 17.1 Å². The molecule has 2 aromatic rings. The highest BCUT2D eigenvalue weighted by atomic mass is 35.5. The van der Waals surface area contributed by atoms with E-state index < -0.39 is 0 Å². The third-order valence-electron chi connectivity index (χ3n) is 3.16. The summed E-state index contributed by atoms with van der Waals surface area (Å²) >= 11 is 6.05. The van der Waals surface area contributed by atoms with Gasteiger partial charge in [-0.1, -0.05) is 24.6 Å². The van der Waals surface area contributed by atoms with Crippen LogP contribution in [0.4, 0.5) is 4.39 Å². The van der Waals surface area contributed by atoms with E-state index in [-0.39, 0.29) is 5.82 Å². The molecule has 0 atom stereocenters. The predicted molar refractivity (Wildman–Crippen MR) is 74.7 cm³/mol. The molecule has 0 amide bonds. The number of aromatic amines is 1. The molecule has 1 N–H and O–H groups in total. The van der Waals surface area contributed by atoms with Crippen molar-refractivity contribution in [3.63, 3.8) is 0 Å². The molecule has 0 aliphatic rings. The Morgan fingerprint density at radius 3 is 2.89 bits per heavy atom. The molecule has 3 nitrogen and oxygen atoms in total. The van der Waals surface area contributed by atoms with Gasteiger partial charge in [-0.2, -0.15) is 5.10 Å². The van der Waals surface area contributed by atoms with E-state index in [1.807, 2.05) is 12.4 Å². The number of benzene rings is 1. The fourth-order valence-corrected chi connectivity index (χ4v) is 2.18. The van der Waals surface area contributed by atoms with Gasteiger partial charge in [0.15, 0.2) is 0 Å². The first-order valence-corrected chi connectivity index (χ1v) is 6.71. The molecule has 19 heavy (non-hydrogen) atoms. The summed E-state index contributed by atoms with van der Waals surface area (Å²) in [6.07, 6.45) is 4.57. The zero-order valence-corrected chi connectivity index (χ0v) is 11.6. The molecule has 0 saturated carbocycles. The smallest absolute Gasteiger partial charge is 0.129 e. The van der Waals surface area contributed by atoms with Crippen molar-refractivity contribution in [2.45, 2.75) is 19.9 Å². The molecule has 1 heterocycles. The third-order valence-corrected chi connectivity index (χ3v) is 3.52. The van der Waals surface area contributed by atoms with Crippen LogP contribution in [0, 0.1) is 5.82 Å². The summed E-state index contributed by atoms with van der Waals surface area (Å²) in [5.41, 5.74) is 1.72. The van der Waals surface area contributed by atoms with E-state index in [0.717, 1.165) is 25.1 Å². The number of halogens is 2. The van der Waals surface area contributed by atoms with E-state index >= 15 is 0 Å². The van der Waals surface area contributed by atoms with Crippen LogP contribution < -0.4 is 0 Å². The lowest BCUT2D eigenvalue weighted by Crippen LogP contribution is -2.26. The molecule has 0 radical (unpaired) electrons. The standard InChI is InChI=1S/C14H17ClFN3/c1-2-19(7-6-11-8-17-18-9-11)10-12-13(15)4-3-5-14(12)16/h3-5,8-9H,2,6-7,10H2,1H3,(H,17,18). The number of rotatable bonds is 6. The number of aromatic nitrogens is 2. The summed E-state index contributed by atoms with van der Waals surface area (Å²) < 4.78 is 13.7. The predicted octanol–water partition coefficient (Wildman–Crippen LogP) is 3.27. The van der Waals surface area contributed by atoms with Crippen LogP contribution in [0.5, 0.6) is 0 Å². The van der Waals surface area contributed by atoms with Gasteiger partial charge in [0, 0.05) is 29.9 Å². The molecule has 0 unspecified atom stereocenters. The summed E-state index contributed by atoms with van der Waals surface area (Å²) in [7, 11) is 0. The van der Waals surface area contributed by atoms with Gasteiger partial charge in [-0.25, -0.2) is 4.39 Å². The van der Waals surface area contributed by atoms with E-state index in [2.05, 4.69) is 22.0 Å². The summed E-state index contributed by atoms with van der Waals surface area (Å²) in [6.45, 7) is 4.28. The largest absolute Gasteiger partial charge is 0.299 e. The monoisotopic (exact) mass is 281 g/mol. The molecule has 0 spiro atoms. The van der Waals surface area contributed by atoms with Gasteiger partial charge in [0.25, 0.3) is 0 Å². The van der Waals surface area contributed by atoms with Gasteiger partial charge < -0.3 is 0 Å². The molecule has 0 saturated heterocycles. The maximum absolute atomic E-state index is 13.7. The average molecular weight is 282 g/mol. The van der Waals surface area contributed by atoms with Crippen LogP contribution in [0.2, 0.25) is 5.02 Å². The molecule has 0 bridgehead atoms. The Morgan fingerprint density at radius 2 is 2.26 bits per heavy atom. The van der Waals surface area contributed by atoms with Crippen LogP contribution in [0.25, 0.3) is 0 Å². The first kappa shape index (κ1) is 14.0. The molecular weight excluding hydrogens is 265 g/mol. The molecule has 102 valence electrons. The third kappa shape index (κ3) is 3.78. The summed E-state index contributed by atoms with van der Waals surface area (Å²) in [5, 5.41) is 7.19. The van der Waals surface area contributed by atoms with Gasteiger partial charge >= 0.3 is 0 Å². The zero-order valence-electron chi connectivity index (χ0n) is 10.9. The highest BCUT2D eigenvalue weighted by Gasteiger charge is 2.11. The van der Waals surface area contributed by atoms with Gasteiger partial charge in [0.05, 0.1) is 6.20 Å². The van der Waals surface area contributed by atoms with Crippen molar-refractivity contribution < 1.29 is 4.39 Å². The number of hydrogen-bond acceptors (Lipinski definition) is 2. The molecule has 1 aromatic carbocycles. The van der Waals surface area contributed by atoms with E-state index in [1.165, 1.54) is 6.07 Å². The van der Waals surface area contributed by atoms with Crippen molar-refractivity contribution in [3.05, 3.63) is 52.6 Å². The van der Waals surface area contributed by atoms with Gasteiger partial charge in [0.2, 0.25) is 0 Å². The Balaban J connectivity index is 1.98. The quantitative estimate of drug-likeness (QED) is 0.881. The average Bonchev–Trinajstić information content (AvgIpc) is 2.91. The Labute approximate surface area is 117 Å². The van der Waals surface area contributed by atoms with Crippen LogP contribution in [0.15, 0.2) is 30.6 Å². The van der Waals surface area contributed by atoms with Crippen molar-refractivity contribution >= 4 is 11.6 Å². The molecule has 0 aliphatic carbocycles. The second-order valence-corrected chi connectivity index (χ2v) is 4.83. The lowest BCUT2D eigenvalue weighted by Gasteiger charge is -2.21. The van der Waals surface area contributed by atoms with Gasteiger partial charge in [-0.15, -0.1) is 0 Å². The highest BCUT2D eigenvalue weighted by molar-refractivity contribution is 6.31. The zero-order chi connectivity index (χ0) is 13.7. The van der Waals surface area contributed by atoms with Crippen molar-refractivity contribution in [3.8, 4) is 0 Å². The summed E-state index contributed by atoms with van der Waals surface area (Å²) in [6, 6.07) is 4.80. The number of nitrogens with one attached hydrogen (secondary N) is 1. The molecular formula is C14H17ClFN3. The summed E-state index contributed by atoms with van der Waals surface area (Å²) in [4.78, 5) is 2.16. The SMILES string of the molecule is CCN(CCc1cn[nH]c1)Cc1c(F)cccc1Cl. The molecule has 5 heteroatoms. The molecule has 2 rings (SSSR count). The van der Waals surface area contributed by atoms with Crippen LogP contribution >= 0.6 is 11.6 Å². The van der Waals surface area contributed by atoms with Crippen molar-refractivity contribution in [1.82, 2.24) is 15.1 Å². The van der Waals surface area contributed by atoms with E-state index in [1.54, 1.807) is 12.1 Å². The Morgan fingerprint density at radius 1 is 1.42 bits per heavy atom. The minimum atomic E-state index is -0.241. The lowest BCUT2D eigenvalue weighted by molar-refractivity contribution is 0.279. The first-order valence-electron chi connectivity index (χ1n) is 6.33. The molecule has 0 aliphatic heterocycles. The van der Waals surface area contributed by atoms with Crippen LogP contribution in [0.3, 0.4) is 0 Å². The van der Waals surface area contributed by atoms with Crippen LogP contribution in [-0.2, 0) is 13.0 Å². The number of nitrogens with zero attached hydrogens (tertiary/aromatic N) is 2. The minimum absolute atomic E-state index is 0.241. The van der Waals surface area contributed by atoms with E-state index in [4.69, 9.17) is 11.6 Å². The first-order chi connectivity index (χ1) is 9.20. The maximum Gasteiger partial charge on any atom is 0.129 e. The lowest BCUT2D eigenvalue weighted by atomic mass is 10.1. The number of likely N-dealkylation sites (N-methyl/N-ethyl adjacent to an activating group) is 1. The fourth-order valence-electron chi connectivity index (χ4n) is 1.96. The van der Waals surface area contributed by atoms with Crippen molar-refractivity contribution in [2.75, 3.05) is 13.1 Å². The topological polar surface area (TPSA) is 31.9 Å². The molecule has 1 aromatic heterocycles. The maximum atomic E-state index is 13.7. The Bertz CT molecular complexity index is 493. The Kier molecular flexibility index (Phi) is 4.93. The number of H-pyrrole nitrogens is 1. The summed E-state index contributed by atoms with van der Waals surface area (Å²) in [5.74, 6) is -0.241. The highest BCUT2D eigenvalue weighted by Crippen LogP contribution is 2.20. The van der Waals surface area contributed by atoms with E-state index in [9.17, 15) is 4.39 Å². The number of hydrogen-bond donors (Lipinski definition) is 1. The Hall–Kier alpha value is -1.39. The second kappa shape index (κ2) is 6.68. The van der Waals surface area contributed by atoms with Crippen LogP contribution in [0.1, 0.15) is 18.1 Å². The van der Waals surface area contributed by atoms with Gasteiger partial charge in [-0.05, 0) is 30.7 Å². The van der Waals surface area contributed by atoms with Gasteiger partial charge in [0.1, 0.15) is 5.82 Å². The molecule has 0 fully saturated rings. The van der Waals surface area contributed by atoms with Crippen LogP contribution in [-0.4, -0.2) is 28.2 Å². The second-order valence-electron chi connectivity index (χ2n) is 4.43. The van der Waals surface area contributed by atoms with Crippen molar-refractivity contribution in [1.29, 1.82) is 0 Å². The normalized spacial score (nSPS) is 11.2. The van der Waals surface area contributed by atoms with Gasteiger partial charge in [-0.3, -0.25) is 10.00 Å². The van der Waals surface area contributed by atoms with Crippen molar-refractivity contribution in [2.24, 2.45) is 0 Å². The minimum Gasteiger partial charge on any atom is -0.299 e.